The van der Waals surface area contributed by atoms with E-state index in [1.165, 1.54) is 24.6 Å². The minimum absolute atomic E-state index is 0.399. The highest BCUT2D eigenvalue weighted by Gasteiger charge is 2.17. The first-order valence-electron chi connectivity index (χ1n) is 6.27. The third-order valence-corrected chi connectivity index (χ3v) is 3.69. The van der Waals surface area contributed by atoms with Crippen LogP contribution in [-0.4, -0.2) is 11.1 Å². The van der Waals surface area contributed by atoms with Gasteiger partial charge >= 0.3 is 0 Å². The molecule has 2 aromatic rings. The van der Waals surface area contributed by atoms with E-state index in [-0.39, 0.29) is 0 Å². The average Bonchev–Trinajstić information content (AvgIpc) is 2.30. The van der Waals surface area contributed by atoms with Crippen LogP contribution in [0.5, 0.6) is 5.75 Å². The van der Waals surface area contributed by atoms with Crippen molar-refractivity contribution in [2.45, 2.75) is 31.8 Å². The van der Waals surface area contributed by atoms with Crippen molar-refractivity contribution in [3.63, 3.8) is 0 Å². The maximum atomic E-state index is 9.97. The SMILES string of the molecule is Oc1ccc2ccccc2c1CNC1CCC1. The number of nitrogens with one attached hydrogen (secondary N) is 1. The van der Waals surface area contributed by atoms with E-state index in [1.54, 1.807) is 6.07 Å². The number of benzene rings is 2. The second-order valence-corrected chi connectivity index (χ2v) is 4.79. The Balaban J connectivity index is 1.92. The molecule has 0 saturated heterocycles. The summed E-state index contributed by atoms with van der Waals surface area (Å²) in [6.45, 7) is 0.762. The van der Waals surface area contributed by atoms with Crippen molar-refractivity contribution in [3.05, 3.63) is 42.0 Å². The van der Waals surface area contributed by atoms with E-state index in [9.17, 15) is 5.11 Å². The minimum atomic E-state index is 0.399. The van der Waals surface area contributed by atoms with Crippen LogP contribution in [0, 0.1) is 0 Å². The molecule has 17 heavy (non-hydrogen) atoms. The van der Waals surface area contributed by atoms with E-state index in [0.29, 0.717) is 11.8 Å². The standard InChI is InChI=1S/C15H17NO/c17-15-9-8-11-4-1-2-7-13(11)14(15)10-16-12-5-3-6-12/h1-2,4,7-9,12,16-17H,3,5-6,10H2. The van der Waals surface area contributed by atoms with Crippen molar-refractivity contribution in [2.24, 2.45) is 0 Å². The molecule has 3 rings (SSSR count). The first kappa shape index (κ1) is 10.6. The highest BCUT2D eigenvalue weighted by atomic mass is 16.3. The Bertz CT molecular complexity index is 531. The maximum absolute atomic E-state index is 9.97. The average molecular weight is 227 g/mol. The number of hydrogen-bond acceptors (Lipinski definition) is 2. The van der Waals surface area contributed by atoms with E-state index < -0.39 is 0 Å². The van der Waals surface area contributed by atoms with Crippen molar-refractivity contribution in [1.29, 1.82) is 0 Å². The lowest BCUT2D eigenvalue weighted by molar-refractivity contribution is 0.336. The zero-order chi connectivity index (χ0) is 11.7. The molecule has 1 fully saturated rings. The first-order valence-corrected chi connectivity index (χ1v) is 6.27. The second-order valence-electron chi connectivity index (χ2n) is 4.79. The molecule has 88 valence electrons. The monoisotopic (exact) mass is 227 g/mol. The lowest BCUT2D eigenvalue weighted by Crippen LogP contribution is -2.34. The van der Waals surface area contributed by atoms with Gasteiger partial charge in [0.25, 0.3) is 0 Å². The van der Waals surface area contributed by atoms with Gasteiger partial charge in [-0.05, 0) is 29.7 Å². The number of hydrogen-bond donors (Lipinski definition) is 2. The summed E-state index contributed by atoms with van der Waals surface area (Å²) in [5.41, 5.74) is 1.02. The minimum Gasteiger partial charge on any atom is -0.508 e. The van der Waals surface area contributed by atoms with Crippen LogP contribution in [0.25, 0.3) is 10.8 Å². The molecule has 0 amide bonds. The van der Waals surface area contributed by atoms with Gasteiger partial charge in [0.05, 0.1) is 0 Å². The third kappa shape index (κ3) is 2.01. The van der Waals surface area contributed by atoms with Crippen molar-refractivity contribution < 1.29 is 5.11 Å². The lowest BCUT2D eigenvalue weighted by atomic mass is 9.92. The van der Waals surface area contributed by atoms with Crippen LogP contribution >= 0.6 is 0 Å². The summed E-state index contributed by atoms with van der Waals surface area (Å²) in [6, 6.07) is 12.6. The summed E-state index contributed by atoms with van der Waals surface area (Å²) in [7, 11) is 0. The molecule has 2 heteroatoms. The number of phenolic OH excluding ortho intramolecular Hbond substituents is 1. The fourth-order valence-corrected chi connectivity index (χ4v) is 2.37. The van der Waals surface area contributed by atoms with E-state index in [4.69, 9.17) is 0 Å². The van der Waals surface area contributed by atoms with Gasteiger partial charge in [-0.25, -0.2) is 0 Å². The van der Waals surface area contributed by atoms with Crippen molar-refractivity contribution in [2.75, 3.05) is 0 Å². The van der Waals surface area contributed by atoms with E-state index in [2.05, 4.69) is 17.4 Å². The van der Waals surface area contributed by atoms with Gasteiger partial charge in [-0.2, -0.15) is 0 Å². The van der Waals surface area contributed by atoms with Gasteiger partial charge in [0, 0.05) is 18.2 Å². The molecule has 0 radical (unpaired) electrons. The summed E-state index contributed by atoms with van der Waals surface area (Å²) in [5, 5.41) is 15.8. The van der Waals surface area contributed by atoms with Crippen LogP contribution in [0.15, 0.2) is 36.4 Å². The van der Waals surface area contributed by atoms with Gasteiger partial charge in [0.2, 0.25) is 0 Å². The normalized spacial score (nSPS) is 16.0. The van der Waals surface area contributed by atoms with Crippen LogP contribution in [-0.2, 0) is 6.54 Å². The fraction of sp³-hybridized carbons (Fsp3) is 0.333. The molecule has 0 unspecified atom stereocenters. The number of rotatable bonds is 3. The predicted octanol–water partition coefficient (Wildman–Crippen LogP) is 3.19. The fourth-order valence-electron chi connectivity index (χ4n) is 2.37. The number of phenols is 1. The first-order chi connectivity index (χ1) is 8.34. The van der Waals surface area contributed by atoms with Crippen LogP contribution in [0.4, 0.5) is 0 Å². The highest BCUT2D eigenvalue weighted by Crippen LogP contribution is 2.28. The van der Waals surface area contributed by atoms with Gasteiger partial charge in [-0.1, -0.05) is 36.8 Å². The Kier molecular flexibility index (Phi) is 2.73. The predicted molar refractivity (Wildman–Crippen MR) is 70.1 cm³/mol. The Morgan fingerprint density at radius 1 is 1.12 bits per heavy atom. The Labute approximate surface area is 101 Å². The third-order valence-electron chi connectivity index (χ3n) is 3.69. The van der Waals surface area contributed by atoms with E-state index in [0.717, 1.165) is 17.5 Å². The second kappa shape index (κ2) is 4.38. The Morgan fingerprint density at radius 2 is 1.94 bits per heavy atom. The largest absolute Gasteiger partial charge is 0.508 e. The molecule has 1 aliphatic rings. The smallest absolute Gasteiger partial charge is 0.120 e. The molecule has 1 saturated carbocycles. The molecule has 2 N–H and O–H groups in total. The molecule has 0 aliphatic heterocycles. The van der Waals surface area contributed by atoms with Crippen LogP contribution in [0.3, 0.4) is 0 Å². The van der Waals surface area contributed by atoms with Gasteiger partial charge in [0.1, 0.15) is 5.75 Å². The Morgan fingerprint density at radius 3 is 2.71 bits per heavy atom. The maximum Gasteiger partial charge on any atom is 0.120 e. The molecule has 0 atom stereocenters. The lowest BCUT2D eigenvalue weighted by Gasteiger charge is -2.27. The summed E-state index contributed by atoms with van der Waals surface area (Å²) in [5.74, 6) is 0.399. The zero-order valence-corrected chi connectivity index (χ0v) is 9.82. The van der Waals surface area contributed by atoms with Gasteiger partial charge < -0.3 is 10.4 Å². The zero-order valence-electron chi connectivity index (χ0n) is 9.82. The molecule has 0 spiro atoms. The van der Waals surface area contributed by atoms with Gasteiger partial charge in [-0.3, -0.25) is 0 Å². The highest BCUT2D eigenvalue weighted by molar-refractivity contribution is 5.87. The van der Waals surface area contributed by atoms with Crippen molar-refractivity contribution >= 4 is 10.8 Å². The van der Waals surface area contributed by atoms with Gasteiger partial charge in [-0.15, -0.1) is 0 Å². The Hall–Kier alpha value is -1.54. The van der Waals surface area contributed by atoms with Crippen LogP contribution in [0.1, 0.15) is 24.8 Å². The molecular formula is C15H17NO. The molecule has 2 nitrogen and oxygen atoms in total. The van der Waals surface area contributed by atoms with Crippen molar-refractivity contribution in [3.8, 4) is 5.75 Å². The van der Waals surface area contributed by atoms with Crippen LogP contribution in [0.2, 0.25) is 0 Å². The number of fused-ring (bicyclic) bond motifs is 1. The molecule has 0 aromatic heterocycles. The van der Waals surface area contributed by atoms with Crippen LogP contribution < -0.4 is 5.32 Å². The van der Waals surface area contributed by atoms with E-state index in [1.807, 2.05) is 18.2 Å². The summed E-state index contributed by atoms with van der Waals surface area (Å²) >= 11 is 0. The summed E-state index contributed by atoms with van der Waals surface area (Å²) in [6.07, 6.45) is 3.87. The summed E-state index contributed by atoms with van der Waals surface area (Å²) in [4.78, 5) is 0. The van der Waals surface area contributed by atoms with E-state index >= 15 is 0 Å². The van der Waals surface area contributed by atoms with Gasteiger partial charge in [0.15, 0.2) is 0 Å². The molecular weight excluding hydrogens is 210 g/mol. The molecule has 0 bridgehead atoms. The quantitative estimate of drug-likeness (QED) is 0.844. The molecule has 2 aromatic carbocycles. The number of aromatic hydroxyl groups is 1. The van der Waals surface area contributed by atoms with Crippen molar-refractivity contribution in [1.82, 2.24) is 5.32 Å². The summed E-state index contributed by atoms with van der Waals surface area (Å²) < 4.78 is 0. The molecule has 0 heterocycles. The topological polar surface area (TPSA) is 32.3 Å². The molecule has 1 aliphatic carbocycles.